The average molecular weight is 456 g/mol. The summed E-state index contributed by atoms with van der Waals surface area (Å²) in [7, 11) is 0. The molecule has 1 aliphatic rings. The second-order valence-corrected chi connectivity index (χ2v) is 9.19. The molecule has 0 bridgehead atoms. The summed E-state index contributed by atoms with van der Waals surface area (Å²) in [6.45, 7) is 8.31. The molecule has 7 nitrogen and oxygen atoms in total. The van der Waals surface area contributed by atoms with Crippen LogP contribution in [0.3, 0.4) is 0 Å². The van der Waals surface area contributed by atoms with Gasteiger partial charge in [0, 0.05) is 44.5 Å². The van der Waals surface area contributed by atoms with Gasteiger partial charge in [0.2, 0.25) is 0 Å². The first-order chi connectivity index (χ1) is 16.5. The molecule has 1 fully saturated rings. The molecule has 174 valence electrons. The number of para-hydroxylation sites is 2. The lowest BCUT2D eigenvalue weighted by molar-refractivity contribution is 0.0967. The van der Waals surface area contributed by atoms with Crippen LogP contribution in [0.15, 0.2) is 59.4 Å². The van der Waals surface area contributed by atoms with E-state index in [0.29, 0.717) is 29.9 Å². The SMILES string of the molecule is Cc1ccc(N2CCN(C[C@@H](O)Cn3c4ccccc4n4c(=O)cc(C)c(C#N)c34)CC2)cc1. The molecule has 1 N–H and O–H groups in total. The number of benzene rings is 2. The van der Waals surface area contributed by atoms with Crippen molar-refractivity contribution >= 4 is 22.4 Å². The Morgan fingerprint density at radius 3 is 2.32 bits per heavy atom. The highest BCUT2D eigenvalue weighted by atomic mass is 16.3. The Balaban J connectivity index is 1.37. The van der Waals surface area contributed by atoms with Gasteiger partial charge in [-0.3, -0.25) is 14.1 Å². The molecule has 1 saturated heterocycles. The molecule has 7 heteroatoms. The van der Waals surface area contributed by atoms with Crippen molar-refractivity contribution in [1.82, 2.24) is 13.9 Å². The summed E-state index contributed by atoms with van der Waals surface area (Å²) < 4.78 is 3.52. The van der Waals surface area contributed by atoms with Gasteiger partial charge in [-0.1, -0.05) is 29.8 Å². The molecule has 2 aromatic carbocycles. The van der Waals surface area contributed by atoms with Crippen LogP contribution in [0.4, 0.5) is 5.69 Å². The van der Waals surface area contributed by atoms with E-state index >= 15 is 0 Å². The summed E-state index contributed by atoms with van der Waals surface area (Å²) in [5, 5.41) is 20.9. The van der Waals surface area contributed by atoms with E-state index in [1.165, 1.54) is 17.3 Å². The van der Waals surface area contributed by atoms with E-state index in [-0.39, 0.29) is 5.56 Å². The highest BCUT2D eigenvalue weighted by Crippen LogP contribution is 2.24. The minimum absolute atomic E-state index is 0.164. The molecule has 4 aromatic rings. The summed E-state index contributed by atoms with van der Waals surface area (Å²) in [5.74, 6) is 0. The number of rotatable bonds is 5. The first-order valence-corrected chi connectivity index (χ1v) is 11.7. The van der Waals surface area contributed by atoms with Crippen LogP contribution in [0.5, 0.6) is 0 Å². The Bertz CT molecular complexity index is 1440. The summed E-state index contributed by atoms with van der Waals surface area (Å²) >= 11 is 0. The van der Waals surface area contributed by atoms with E-state index in [0.717, 1.165) is 37.2 Å². The molecule has 2 aromatic heterocycles. The van der Waals surface area contributed by atoms with Crippen molar-refractivity contribution in [2.75, 3.05) is 37.6 Å². The maximum atomic E-state index is 12.8. The van der Waals surface area contributed by atoms with Gasteiger partial charge in [0.25, 0.3) is 5.56 Å². The van der Waals surface area contributed by atoms with Gasteiger partial charge in [-0.25, -0.2) is 0 Å². The lowest BCUT2D eigenvalue weighted by Crippen LogP contribution is -2.49. The number of anilines is 1. The monoisotopic (exact) mass is 455 g/mol. The molecule has 1 aliphatic heterocycles. The number of hydrogen-bond donors (Lipinski definition) is 1. The summed E-state index contributed by atoms with van der Waals surface area (Å²) in [5.41, 5.74) is 5.59. The van der Waals surface area contributed by atoms with E-state index < -0.39 is 6.10 Å². The zero-order chi connectivity index (χ0) is 23.8. The Morgan fingerprint density at radius 2 is 1.65 bits per heavy atom. The maximum Gasteiger partial charge on any atom is 0.257 e. The third kappa shape index (κ3) is 3.96. The van der Waals surface area contributed by atoms with Crippen LogP contribution in [0.1, 0.15) is 16.7 Å². The van der Waals surface area contributed by atoms with Crippen molar-refractivity contribution < 1.29 is 5.11 Å². The topological polar surface area (TPSA) is 76.9 Å². The highest BCUT2D eigenvalue weighted by molar-refractivity contribution is 5.84. The van der Waals surface area contributed by atoms with Gasteiger partial charge in [0.15, 0.2) is 0 Å². The average Bonchev–Trinajstić information content (AvgIpc) is 3.15. The van der Waals surface area contributed by atoms with Crippen LogP contribution in [-0.4, -0.2) is 57.8 Å². The maximum absolute atomic E-state index is 12.8. The first-order valence-electron chi connectivity index (χ1n) is 11.7. The molecular formula is C27H29N5O2. The van der Waals surface area contributed by atoms with Crippen LogP contribution in [0.25, 0.3) is 16.7 Å². The Morgan fingerprint density at radius 1 is 0.971 bits per heavy atom. The number of nitrogens with zero attached hydrogens (tertiary/aromatic N) is 5. The fraction of sp³-hybridized carbons (Fsp3) is 0.333. The van der Waals surface area contributed by atoms with Crippen LogP contribution in [0, 0.1) is 25.2 Å². The highest BCUT2D eigenvalue weighted by Gasteiger charge is 2.23. The molecule has 0 radical (unpaired) electrons. The Kier molecular flexibility index (Phi) is 5.86. The standard InChI is InChI=1S/C27H29N5O2/c1-19-7-9-21(10-8-19)30-13-11-29(12-14-30)17-22(33)18-31-24-5-3-4-6-25(24)32-26(34)15-20(2)23(16-28)27(31)32/h3-10,15,22,33H,11-14,17-18H2,1-2H3/t22-/m1/s1. The van der Waals surface area contributed by atoms with E-state index in [1.807, 2.05) is 28.8 Å². The summed E-state index contributed by atoms with van der Waals surface area (Å²) in [6.07, 6.45) is -0.632. The molecule has 0 unspecified atom stereocenters. The van der Waals surface area contributed by atoms with Crippen LogP contribution in [-0.2, 0) is 6.54 Å². The van der Waals surface area contributed by atoms with Gasteiger partial charge in [-0.15, -0.1) is 0 Å². The predicted octanol–water partition coefficient (Wildman–Crippen LogP) is 2.93. The van der Waals surface area contributed by atoms with Gasteiger partial charge in [-0.05, 0) is 43.7 Å². The van der Waals surface area contributed by atoms with Crippen molar-refractivity contribution in [2.45, 2.75) is 26.5 Å². The predicted molar refractivity (Wildman–Crippen MR) is 134 cm³/mol. The van der Waals surface area contributed by atoms with Crippen molar-refractivity contribution in [2.24, 2.45) is 0 Å². The van der Waals surface area contributed by atoms with Crippen LogP contribution >= 0.6 is 0 Å². The molecule has 3 heterocycles. The van der Waals surface area contributed by atoms with Gasteiger partial charge in [-0.2, -0.15) is 5.26 Å². The number of nitriles is 1. The van der Waals surface area contributed by atoms with Gasteiger partial charge in [0.1, 0.15) is 11.7 Å². The number of aryl methyl sites for hydroxylation is 2. The van der Waals surface area contributed by atoms with Gasteiger partial charge < -0.3 is 14.6 Å². The third-order valence-corrected chi connectivity index (χ3v) is 6.80. The van der Waals surface area contributed by atoms with E-state index in [4.69, 9.17) is 0 Å². The number of aliphatic hydroxyl groups is 1. The first kappa shape index (κ1) is 22.2. The number of piperazine rings is 1. The van der Waals surface area contributed by atoms with Crippen molar-refractivity contribution in [1.29, 1.82) is 5.26 Å². The number of imidazole rings is 1. The van der Waals surface area contributed by atoms with Crippen LogP contribution < -0.4 is 10.5 Å². The zero-order valence-corrected chi connectivity index (χ0v) is 19.6. The van der Waals surface area contributed by atoms with Crippen molar-refractivity contribution in [3.8, 4) is 6.07 Å². The normalized spacial score (nSPS) is 15.6. The lowest BCUT2D eigenvalue weighted by atomic mass is 10.1. The number of aromatic nitrogens is 2. The largest absolute Gasteiger partial charge is 0.390 e. The molecule has 0 saturated carbocycles. The number of pyridine rings is 1. The third-order valence-electron chi connectivity index (χ3n) is 6.80. The minimum atomic E-state index is -0.632. The van der Waals surface area contributed by atoms with Gasteiger partial charge in [0.05, 0.1) is 29.2 Å². The van der Waals surface area contributed by atoms with E-state index in [1.54, 1.807) is 11.3 Å². The van der Waals surface area contributed by atoms with Crippen molar-refractivity contribution in [3.63, 3.8) is 0 Å². The second kappa shape index (κ2) is 8.98. The number of β-amino-alcohol motifs (C(OH)–C–C–N with tert-alkyl or cyclic N) is 1. The zero-order valence-electron chi connectivity index (χ0n) is 19.6. The fourth-order valence-corrected chi connectivity index (χ4v) is 5.03. The quantitative estimate of drug-likeness (QED) is 0.501. The Labute approximate surface area is 198 Å². The fourth-order valence-electron chi connectivity index (χ4n) is 5.03. The number of aliphatic hydroxyl groups excluding tert-OH is 1. The number of hydrogen-bond acceptors (Lipinski definition) is 5. The summed E-state index contributed by atoms with van der Waals surface area (Å²) in [6, 6.07) is 20.0. The van der Waals surface area contributed by atoms with Gasteiger partial charge >= 0.3 is 0 Å². The second-order valence-electron chi connectivity index (χ2n) is 9.19. The van der Waals surface area contributed by atoms with Crippen LogP contribution in [0.2, 0.25) is 0 Å². The van der Waals surface area contributed by atoms with E-state index in [2.05, 4.69) is 47.1 Å². The molecule has 0 spiro atoms. The molecule has 5 rings (SSSR count). The Hall–Kier alpha value is -3.60. The van der Waals surface area contributed by atoms with E-state index in [9.17, 15) is 15.2 Å². The smallest absolute Gasteiger partial charge is 0.257 e. The molecular weight excluding hydrogens is 426 g/mol. The molecule has 1 atom stereocenters. The van der Waals surface area contributed by atoms with Crippen molar-refractivity contribution in [3.05, 3.63) is 81.6 Å². The number of fused-ring (bicyclic) bond motifs is 3. The molecule has 0 aliphatic carbocycles. The molecule has 0 amide bonds. The minimum Gasteiger partial charge on any atom is -0.390 e. The molecule has 34 heavy (non-hydrogen) atoms. The summed E-state index contributed by atoms with van der Waals surface area (Å²) in [4.78, 5) is 17.5. The lowest BCUT2D eigenvalue weighted by Gasteiger charge is -2.37.